The predicted octanol–water partition coefficient (Wildman–Crippen LogP) is 2.50. The van der Waals surface area contributed by atoms with Crippen LogP contribution in [-0.2, 0) is 4.79 Å². The highest BCUT2D eigenvalue weighted by Gasteiger charge is 2.16. The van der Waals surface area contributed by atoms with Crippen LogP contribution in [0.1, 0.15) is 5.56 Å². The number of halogens is 1. The predicted molar refractivity (Wildman–Crippen MR) is 63.9 cm³/mol. The number of carbonyl (C=O) groups is 1. The van der Waals surface area contributed by atoms with Crippen LogP contribution in [0.5, 0.6) is 0 Å². The Labute approximate surface area is 96.9 Å². The zero-order valence-corrected chi connectivity index (χ0v) is 9.65. The second kappa shape index (κ2) is 4.24. The number of amidine groups is 1. The van der Waals surface area contributed by atoms with Crippen LogP contribution in [0.2, 0.25) is 5.02 Å². The van der Waals surface area contributed by atoms with Gasteiger partial charge in [0.25, 0.3) is 0 Å². The van der Waals surface area contributed by atoms with E-state index in [1.54, 1.807) is 6.07 Å². The van der Waals surface area contributed by atoms with Crippen LogP contribution in [0, 0.1) is 6.92 Å². The highest BCUT2D eigenvalue weighted by Crippen LogP contribution is 2.25. The molecule has 1 aromatic rings. The van der Waals surface area contributed by atoms with Gasteiger partial charge in [0, 0.05) is 5.02 Å². The van der Waals surface area contributed by atoms with Gasteiger partial charge in [-0.2, -0.15) is 0 Å². The number of amides is 1. The Hall–Kier alpha value is -1.000. The summed E-state index contributed by atoms with van der Waals surface area (Å²) in [4.78, 5) is 15.3. The van der Waals surface area contributed by atoms with E-state index in [0.717, 1.165) is 11.3 Å². The SMILES string of the molecule is Cc1ccc(Cl)cc1N=C1NC(=O)CS1. The van der Waals surface area contributed by atoms with Crippen LogP contribution in [0.25, 0.3) is 0 Å². The standard InChI is InChI=1S/C10H9ClN2OS/c1-6-2-3-7(11)4-8(6)12-10-13-9(14)5-15-10/h2-4H,5H2,1H3,(H,12,13,14). The van der Waals surface area contributed by atoms with Crippen molar-refractivity contribution in [1.82, 2.24) is 5.32 Å². The van der Waals surface area contributed by atoms with E-state index in [-0.39, 0.29) is 5.91 Å². The van der Waals surface area contributed by atoms with Gasteiger partial charge in [0.1, 0.15) is 0 Å². The van der Waals surface area contributed by atoms with E-state index in [4.69, 9.17) is 11.6 Å². The van der Waals surface area contributed by atoms with E-state index in [1.807, 2.05) is 19.1 Å². The van der Waals surface area contributed by atoms with Crippen molar-refractivity contribution >= 4 is 40.1 Å². The van der Waals surface area contributed by atoms with E-state index in [9.17, 15) is 4.79 Å². The van der Waals surface area contributed by atoms with E-state index in [2.05, 4.69) is 10.3 Å². The number of thioether (sulfide) groups is 1. The highest BCUT2D eigenvalue weighted by molar-refractivity contribution is 8.15. The maximum absolute atomic E-state index is 11.0. The molecule has 1 saturated heterocycles. The van der Waals surface area contributed by atoms with E-state index in [0.29, 0.717) is 15.9 Å². The quantitative estimate of drug-likeness (QED) is 0.820. The summed E-state index contributed by atoms with van der Waals surface area (Å²) in [6.45, 7) is 1.96. The van der Waals surface area contributed by atoms with Gasteiger partial charge >= 0.3 is 0 Å². The first-order chi connectivity index (χ1) is 7.15. The normalized spacial score (nSPS) is 18.3. The summed E-state index contributed by atoms with van der Waals surface area (Å²) in [5.41, 5.74) is 1.83. The van der Waals surface area contributed by atoms with Gasteiger partial charge in [-0.25, -0.2) is 4.99 Å². The summed E-state index contributed by atoms with van der Waals surface area (Å²) in [5.74, 6) is 0.441. The Morgan fingerprint density at radius 3 is 3.00 bits per heavy atom. The second-order valence-electron chi connectivity index (χ2n) is 3.18. The van der Waals surface area contributed by atoms with E-state index < -0.39 is 0 Å². The van der Waals surface area contributed by atoms with Crippen LogP contribution >= 0.6 is 23.4 Å². The van der Waals surface area contributed by atoms with Crippen molar-refractivity contribution in [3.63, 3.8) is 0 Å². The molecule has 0 atom stereocenters. The molecule has 0 aromatic heterocycles. The Bertz CT molecular complexity index is 445. The number of carbonyl (C=O) groups excluding carboxylic acids is 1. The maximum Gasteiger partial charge on any atom is 0.236 e. The third kappa shape index (κ3) is 2.52. The first kappa shape index (κ1) is 10.5. The van der Waals surface area contributed by atoms with Gasteiger partial charge in [-0.05, 0) is 24.6 Å². The lowest BCUT2D eigenvalue weighted by atomic mass is 10.2. The smallest absolute Gasteiger partial charge is 0.236 e. The second-order valence-corrected chi connectivity index (χ2v) is 4.59. The van der Waals surface area contributed by atoms with Gasteiger partial charge in [0.2, 0.25) is 5.91 Å². The van der Waals surface area contributed by atoms with Gasteiger partial charge in [-0.1, -0.05) is 29.4 Å². The van der Waals surface area contributed by atoms with Crippen molar-refractivity contribution in [2.24, 2.45) is 4.99 Å². The topological polar surface area (TPSA) is 41.5 Å². The average molecular weight is 241 g/mol. The molecule has 1 heterocycles. The third-order valence-electron chi connectivity index (χ3n) is 1.98. The lowest BCUT2D eigenvalue weighted by Crippen LogP contribution is -2.19. The molecular weight excluding hydrogens is 232 g/mol. The summed E-state index contributed by atoms with van der Waals surface area (Å²) in [7, 11) is 0. The van der Waals surface area contributed by atoms with Crippen LogP contribution in [0.15, 0.2) is 23.2 Å². The fourth-order valence-corrected chi connectivity index (χ4v) is 2.05. The molecule has 1 aromatic carbocycles. The summed E-state index contributed by atoms with van der Waals surface area (Å²) >= 11 is 7.27. The van der Waals surface area contributed by atoms with E-state index >= 15 is 0 Å². The fourth-order valence-electron chi connectivity index (χ4n) is 1.20. The van der Waals surface area contributed by atoms with E-state index in [1.165, 1.54) is 11.8 Å². The van der Waals surface area contributed by atoms with Crippen molar-refractivity contribution in [2.75, 3.05) is 5.75 Å². The Morgan fingerprint density at radius 1 is 1.53 bits per heavy atom. The van der Waals surface area contributed by atoms with Gasteiger partial charge in [0.15, 0.2) is 5.17 Å². The van der Waals surface area contributed by atoms with Crippen molar-refractivity contribution in [3.05, 3.63) is 28.8 Å². The molecule has 0 aliphatic carbocycles. The molecule has 3 nitrogen and oxygen atoms in total. The number of nitrogens with one attached hydrogen (secondary N) is 1. The van der Waals surface area contributed by atoms with Crippen molar-refractivity contribution in [2.45, 2.75) is 6.92 Å². The van der Waals surface area contributed by atoms with Crippen LogP contribution in [0.3, 0.4) is 0 Å². The minimum absolute atomic E-state index is 0.00145. The zero-order chi connectivity index (χ0) is 10.8. The van der Waals surface area contributed by atoms with Crippen LogP contribution in [0.4, 0.5) is 5.69 Å². The van der Waals surface area contributed by atoms with Gasteiger partial charge in [0.05, 0.1) is 11.4 Å². The molecule has 78 valence electrons. The average Bonchev–Trinajstić information content (AvgIpc) is 2.58. The lowest BCUT2D eigenvalue weighted by molar-refractivity contribution is -0.116. The van der Waals surface area contributed by atoms with Crippen molar-refractivity contribution in [3.8, 4) is 0 Å². The molecule has 0 bridgehead atoms. The first-order valence-electron chi connectivity index (χ1n) is 4.42. The molecule has 1 aliphatic rings. The molecule has 5 heteroatoms. The molecule has 1 aliphatic heterocycles. The lowest BCUT2D eigenvalue weighted by Gasteiger charge is -2.01. The highest BCUT2D eigenvalue weighted by atomic mass is 35.5. The molecule has 2 rings (SSSR count). The molecule has 0 saturated carbocycles. The number of hydrogen-bond donors (Lipinski definition) is 1. The molecule has 1 fully saturated rings. The van der Waals surface area contributed by atoms with Crippen molar-refractivity contribution < 1.29 is 4.79 Å². The largest absolute Gasteiger partial charge is 0.304 e. The molecule has 15 heavy (non-hydrogen) atoms. The number of rotatable bonds is 1. The molecule has 0 radical (unpaired) electrons. The van der Waals surface area contributed by atoms with Crippen molar-refractivity contribution in [1.29, 1.82) is 0 Å². The minimum atomic E-state index is -0.00145. The molecule has 1 N–H and O–H groups in total. The minimum Gasteiger partial charge on any atom is -0.304 e. The molecule has 0 spiro atoms. The molecule has 0 unspecified atom stereocenters. The van der Waals surface area contributed by atoms with Gasteiger partial charge in [-0.3, -0.25) is 4.79 Å². The summed E-state index contributed by atoms with van der Waals surface area (Å²) in [5, 5.41) is 3.97. The Kier molecular flexibility index (Phi) is 2.98. The molecule has 1 amide bonds. The maximum atomic E-state index is 11.0. The Morgan fingerprint density at radius 2 is 2.33 bits per heavy atom. The fraction of sp³-hybridized carbons (Fsp3) is 0.200. The number of aryl methyl sites for hydroxylation is 1. The molecular formula is C10H9ClN2OS. The summed E-state index contributed by atoms with van der Waals surface area (Å²) < 4.78 is 0. The number of hydrogen-bond acceptors (Lipinski definition) is 3. The number of aliphatic imine (C=N–C) groups is 1. The van der Waals surface area contributed by atoms with Crippen LogP contribution in [-0.4, -0.2) is 16.8 Å². The van der Waals surface area contributed by atoms with Crippen LogP contribution < -0.4 is 5.32 Å². The zero-order valence-electron chi connectivity index (χ0n) is 8.08. The number of nitrogens with zero attached hydrogens (tertiary/aromatic N) is 1. The first-order valence-corrected chi connectivity index (χ1v) is 5.79. The number of benzene rings is 1. The summed E-state index contributed by atoms with van der Waals surface area (Å²) in [6, 6.07) is 5.51. The monoisotopic (exact) mass is 240 g/mol. The third-order valence-corrected chi connectivity index (χ3v) is 3.09. The van der Waals surface area contributed by atoms with Gasteiger partial charge in [-0.15, -0.1) is 0 Å². The van der Waals surface area contributed by atoms with Gasteiger partial charge < -0.3 is 5.32 Å². The Balaban J connectivity index is 2.30. The summed E-state index contributed by atoms with van der Waals surface area (Å²) in [6.07, 6.45) is 0.